The summed E-state index contributed by atoms with van der Waals surface area (Å²) in [4.78, 5) is 11.2. The van der Waals surface area contributed by atoms with Crippen LogP contribution in [0.25, 0.3) is 0 Å². The fraction of sp³-hybridized carbons (Fsp3) is 0.727. The first-order valence-corrected chi connectivity index (χ1v) is 7.01. The number of hydrogen-bond acceptors (Lipinski definition) is 5. The number of carboxylic acids is 1. The van der Waals surface area contributed by atoms with E-state index in [4.69, 9.17) is 5.73 Å². The molecule has 1 aromatic rings. The van der Waals surface area contributed by atoms with E-state index in [1.165, 1.54) is 0 Å². The first-order valence-electron chi connectivity index (χ1n) is 6.03. The Balaban J connectivity index is 1.87. The third kappa shape index (κ3) is 2.51. The molecule has 1 saturated carbocycles. The number of nitrogens with two attached hydrogens (primary N) is 1. The van der Waals surface area contributed by atoms with E-state index in [1.807, 2.05) is 11.6 Å². The molecule has 0 bridgehead atoms. The number of aliphatic carboxylic acids is 1. The molecule has 0 saturated heterocycles. The quantitative estimate of drug-likeness (QED) is 0.771. The van der Waals surface area contributed by atoms with Gasteiger partial charge in [-0.1, -0.05) is 18.2 Å². The summed E-state index contributed by atoms with van der Waals surface area (Å²) in [7, 11) is 1.89. The van der Waals surface area contributed by atoms with Crippen molar-refractivity contribution in [2.75, 3.05) is 5.75 Å². The normalized spacial score (nSPS) is 27.6. The van der Waals surface area contributed by atoms with Gasteiger partial charge in [-0.3, -0.25) is 4.79 Å². The first-order chi connectivity index (χ1) is 8.54. The minimum absolute atomic E-state index is 0.0655. The molecule has 2 rings (SSSR count). The fourth-order valence-electron chi connectivity index (χ4n) is 2.48. The van der Waals surface area contributed by atoms with Gasteiger partial charge < -0.3 is 15.4 Å². The Kier molecular flexibility index (Phi) is 3.91. The predicted octanol–water partition coefficient (Wildman–Crippen LogP) is 0.879. The summed E-state index contributed by atoms with van der Waals surface area (Å²) in [6.45, 7) is 0. The molecule has 2 unspecified atom stereocenters. The summed E-state index contributed by atoms with van der Waals surface area (Å²) in [6, 6.07) is 0. The Labute approximate surface area is 110 Å². The summed E-state index contributed by atoms with van der Waals surface area (Å²) >= 11 is 1.59. The average Bonchev–Trinajstić information content (AvgIpc) is 2.88. The zero-order chi connectivity index (χ0) is 13.2. The molecule has 0 radical (unpaired) electrons. The van der Waals surface area contributed by atoms with Gasteiger partial charge >= 0.3 is 5.97 Å². The lowest BCUT2D eigenvalue weighted by atomic mass is 9.86. The number of nitrogens with zero attached hydrogens (tertiary/aromatic N) is 3. The molecule has 1 aromatic heterocycles. The van der Waals surface area contributed by atoms with Crippen molar-refractivity contribution in [3.8, 4) is 0 Å². The molecule has 1 fully saturated rings. The fourth-order valence-corrected chi connectivity index (χ4v) is 3.42. The van der Waals surface area contributed by atoms with Crippen molar-refractivity contribution in [1.29, 1.82) is 0 Å². The van der Waals surface area contributed by atoms with Crippen LogP contribution in [0, 0.1) is 5.92 Å². The van der Waals surface area contributed by atoms with Crippen LogP contribution < -0.4 is 5.73 Å². The number of hydrogen-bond donors (Lipinski definition) is 2. The Morgan fingerprint density at radius 3 is 3.17 bits per heavy atom. The number of carboxylic acid groups (broad SMARTS) is 1. The first kappa shape index (κ1) is 13.4. The topological polar surface area (TPSA) is 94.0 Å². The summed E-state index contributed by atoms with van der Waals surface area (Å²) in [5.41, 5.74) is 4.97. The van der Waals surface area contributed by atoms with Crippen molar-refractivity contribution in [3.05, 3.63) is 6.33 Å². The van der Waals surface area contributed by atoms with E-state index in [1.54, 1.807) is 18.1 Å². The highest BCUT2D eigenvalue weighted by Crippen LogP contribution is 2.37. The smallest absolute Gasteiger partial charge is 0.323 e. The van der Waals surface area contributed by atoms with E-state index in [9.17, 15) is 9.90 Å². The molecule has 3 N–H and O–H groups in total. The monoisotopic (exact) mass is 270 g/mol. The molecule has 2 atom stereocenters. The molecule has 0 aliphatic heterocycles. The van der Waals surface area contributed by atoms with Gasteiger partial charge in [0.15, 0.2) is 5.16 Å². The van der Waals surface area contributed by atoms with Crippen LogP contribution in [0.15, 0.2) is 11.5 Å². The van der Waals surface area contributed by atoms with Crippen LogP contribution in [0.5, 0.6) is 0 Å². The lowest BCUT2D eigenvalue weighted by molar-refractivity contribution is -0.144. The molecule has 18 heavy (non-hydrogen) atoms. The lowest BCUT2D eigenvalue weighted by Gasteiger charge is -2.26. The Morgan fingerprint density at radius 1 is 1.78 bits per heavy atom. The summed E-state index contributed by atoms with van der Waals surface area (Å²) in [6.07, 6.45) is 4.86. The van der Waals surface area contributed by atoms with Crippen molar-refractivity contribution < 1.29 is 9.90 Å². The van der Waals surface area contributed by atoms with Crippen molar-refractivity contribution in [2.45, 2.75) is 36.4 Å². The van der Waals surface area contributed by atoms with Gasteiger partial charge in [0.05, 0.1) is 0 Å². The van der Waals surface area contributed by atoms with Gasteiger partial charge in [0.1, 0.15) is 11.9 Å². The number of aryl methyl sites for hydroxylation is 1. The minimum Gasteiger partial charge on any atom is -0.480 e. The van der Waals surface area contributed by atoms with Crippen molar-refractivity contribution in [1.82, 2.24) is 14.8 Å². The summed E-state index contributed by atoms with van der Waals surface area (Å²) < 4.78 is 1.85. The zero-order valence-electron chi connectivity index (χ0n) is 10.4. The summed E-state index contributed by atoms with van der Waals surface area (Å²) in [5.74, 6) is 0.0214. The van der Waals surface area contributed by atoms with E-state index >= 15 is 0 Å². The molecular formula is C11H18N4O2S. The number of thioether (sulfide) groups is 1. The Morgan fingerprint density at radius 2 is 2.56 bits per heavy atom. The highest BCUT2D eigenvalue weighted by molar-refractivity contribution is 7.99. The van der Waals surface area contributed by atoms with Gasteiger partial charge in [0.25, 0.3) is 0 Å². The maximum atomic E-state index is 11.2. The second-order valence-corrected chi connectivity index (χ2v) is 5.86. The molecule has 6 nitrogen and oxygen atoms in total. The van der Waals surface area contributed by atoms with Gasteiger partial charge in [-0.2, -0.15) is 0 Å². The Bertz CT molecular complexity index is 436. The molecule has 0 amide bonds. The Hall–Kier alpha value is -1.08. The number of carbonyl (C=O) groups is 1. The highest BCUT2D eigenvalue weighted by atomic mass is 32.2. The van der Waals surface area contributed by atoms with E-state index in [0.717, 1.165) is 30.2 Å². The van der Waals surface area contributed by atoms with Crippen LogP contribution in [0.3, 0.4) is 0 Å². The van der Waals surface area contributed by atoms with Crippen LogP contribution >= 0.6 is 11.8 Å². The third-order valence-electron chi connectivity index (χ3n) is 3.64. The largest absolute Gasteiger partial charge is 0.480 e. The maximum Gasteiger partial charge on any atom is 0.323 e. The lowest BCUT2D eigenvalue weighted by Crippen LogP contribution is -2.51. The maximum absolute atomic E-state index is 11.2. The number of rotatable bonds is 5. The zero-order valence-corrected chi connectivity index (χ0v) is 11.2. The summed E-state index contributed by atoms with van der Waals surface area (Å²) in [5, 5.41) is 17.8. The van der Waals surface area contributed by atoms with Crippen LogP contribution in [-0.2, 0) is 11.8 Å². The van der Waals surface area contributed by atoms with Gasteiger partial charge in [-0.15, -0.1) is 10.2 Å². The van der Waals surface area contributed by atoms with Crippen LogP contribution in [0.2, 0.25) is 0 Å². The molecule has 1 aliphatic rings. The van der Waals surface area contributed by atoms with E-state index in [0.29, 0.717) is 6.42 Å². The van der Waals surface area contributed by atoms with Crippen LogP contribution in [0.1, 0.15) is 25.7 Å². The van der Waals surface area contributed by atoms with Crippen LogP contribution in [0.4, 0.5) is 0 Å². The van der Waals surface area contributed by atoms with E-state index < -0.39 is 11.5 Å². The van der Waals surface area contributed by atoms with Crippen molar-refractivity contribution in [2.24, 2.45) is 18.7 Å². The second-order valence-electron chi connectivity index (χ2n) is 4.80. The molecule has 1 aliphatic carbocycles. The van der Waals surface area contributed by atoms with Gasteiger partial charge in [0, 0.05) is 12.8 Å². The average molecular weight is 270 g/mol. The van der Waals surface area contributed by atoms with Gasteiger partial charge in [0.2, 0.25) is 0 Å². The van der Waals surface area contributed by atoms with E-state index in [-0.39, 0.29) is 5.92 Å². The van der Waals surface area contributed by atoms with Gasteiger partial charge in [-0.25, -0.2) is 0 Å². The molecule has 0 aromatic carbocycles. The molecule has 1 heterocycles. The standard InChI is InChI=1S/C11H18N4O2S/c1-15-7-13-14-10(15)18-6-4-8-3-2-5-11(8,12)9(16)17/h7-8H,2-6,12H2,1H3,(H,16,17). The second kappa shape index (κ2) is 5.27. The minimum atomic E-state index is -1.03. The molecule has 0 spiro atoms. The molecule has 100 valence electrons. The van der Waals surface area contributed by atoms with Gasteiger partial charge in [-0.05, 0) is 25.2 Å². The SMILES string of the molecule is Cn1cnnc1SCCC1CCCC1(N)C(=O)O. The van der Waals surface area contributed by atoms with Crippen molar-refractivity contribution in [3.63, 3.8) is 0 Å². The van der Waals surface area contributed by atoms with E-state index in [2.05, 4.69) is 10.2 Å². The number of aromatic nitrogens is 3. The predicted molar refractivity (Wildman–Crippen MR) is 68.2 cm³/mol. The molecular weight excluding hydrogens is 252 g/mol. The third-order valence-corrected chi connectivity index (χ3v) is 4.70. The van der Waals surface area contributed by atoms with Crippen molar-refractivity contribution >= 4 is 17.7 Å². The highest BCUT2D eigenvalue weighted by Gasteiger charge is 2.45. The molecule has 7 heteroatoms. The van der Waals surface area contributed by atoms with Crippen LogP contribution in [-0.4, -0.2) is 37.1 Å².